The van der Waals surface area contributed by atoms with Crippen LogP contribution in [0.3, 0.4) is 0 Å². The summed E-state index contributed by atoms with van der Waals surface area (Å²) in [5.74, 6) is 1.43. The molecule has 0 spiro atoms. The molecule has 0 atom stereocenters. The summed E-state index contributed by atoms with van der Waals surface area (Å²) in [7, 11) is 0. The number of rotatable bonds is 6. The number of ether oxygens (including phenoxy) is 1. The maximum atomic E-state index is 11.2. The molecule has 11 nitrogen and oxygen atoms in total. The van der Waals surface area contributed by atoms with Gasteiger partial charge in [0.2, 0.25) is 5.95 Å². The molecule has 0 saturated carbocycles. The number of morpholine rings is 1. The van der Waals surface area contributed by atoms with Gasteiger partial charge in [0.05, 0.1) is 47.3 Å². The summed E-state index contributed by atoms with van der Waals surface area (Å²) in [6, 6.07) is 8.05. The predicted octanol–water partition coefficient (Wildman–Crippen LogP) is 2.57. The Bertz CT molecular complexity index is 1520. The van der Waals surface area contributed by atoms with E-state index in [9.17, 15) is 4.79 Å². The predicted molar refractivity (Wildman–Crippen MR) is 133 cm³/mol. The number of nitrogens with zero attached hydrogens (tertiary/aromatic N) is 6. The lowest BCUT2D eigenvalue weighted by atomic mass is 10.1. The molecule has 5 aromatic rings. The van der Waals surface area contributed by atoms with Crippen LogP contribution in [0.15, 0.2) is 42.9 Å². The molecule has 4 N–H and O–H groups in total. The number of nitrogens with two attached hydrogens (primary N) is 1. The number of anilines is 2. The van der Waals surface area contributed by atoms with Gasteiger partial charge in [-0.1, -0.05) is 12.1 Å². The Morgan fingerprint density at radius 3 is 2.80 bits per heavy atom. The molecule has 0 unspecified atom stereocenters. The van der Waals surface area contributed by atoms with Crippen LogP contribution in [-0.4, -0.2) is 62.3 Å². The van der Waals surface area contributed by atoms with E-state index in [2.05, 4.69) is 36.4 Å². The first-order valence-electron chi connectivity index (χ1n) is 11.1. The molecular weight excluding hydrogens is 466 g/mol. The zero-order valence-electron chi connectivity index (χ0n) is 18.6. The number of primary amides is 1. The van der Waals surface area contributed by atoms with Crippen molar-refractivity contribution in [1.82, 2.24) is 30.1 Å². The van der Waals surface area contributed by atoms with Crippen molar-refractivity contribution < 1.29 is 9.53 Å². The summed E-state index contributed by atoms with van der Waals surface area (Å²) < 4.78 is 6.59. The van der Waals surface area contributed by atoms with Crippen molar-refractivity contribution in [2.75, 3.05) is 36.5 Å². The quantitative estimate of drug-likeness (QED) is 0.329. The van der Waals surface area contributed by atoms with E-state index >= 15 is 0 Å². The van der Waals surface area contributed by atoms with Crippen LogP contribution in [0.1, 0.15) is 15.2 Å². The van der Waals surface area contributed by atoms with Crippen LogP contribution in [0.5, 0.6) is 0 Å². The molecule has 12 heteroatoms. The van der Waals surface area contributed by atoms with Crippen LogP contribution in [-0.2, 0) is 11.3 Å². The van der Waals surface area contributed by atoms with Gasteiger partial charge in [-0.05, 0) is 12.1 Å². The number of nitrogens with one attached hydrogen (secondary N) is 2. The summed E-state index contributed by atoms with van der Waals surface area (Å²) in [5.41, 5.74) is 8.28. The maximum absolute atomic E-state index is 11.2. The number of thiophene rings is 1. The number of H-pyrrole nitrogens is 1. The van der Waals surface area contributed by atoms with Crippen molar-refractivity contribution in [2.24, 2.45) is 5.73 Å². The Balaban J connectivity index is 1.37. The van der Waals surface area contributed by atoms with E-state index in [-0.39, 0.29) is 5.56 Å². The molecule has 1 fully saturated rings. The average molecular weight is 488 g/mol. The Kier molecular flexibility index (Phi) is 5.43. The molecule has 0 radical (unpaired) electrons. The third kappa shape index (κ3) is 4.13. The number of benzene rings is 1. The number of amides is 1. The van der Waals surface area contributed by atoms with Crippen molar-refractivity contribution in [1.29, 1.82) is 0 Å². The fourth-order valence-electron chi connectivity index (χ4n) is 4.04. The van der Waals surface area contributed by atoms with Gasteiger partial charge in [0.25, 0.3) is 5.91 Å². The SMILES string of the molecule is NC(=O)c1cnc(NCc2cc3nc(-c4cccc5[nH]ncc45)nc(N4CCOCC4)c3s2)nc1. The van der Waals surface area contributed by atoms with Gasteiger partial charge < -0.3 is 20.7 Å². The van der Waals surface area contributed by atoms with E-state index < -0.39 is 5.91 Å². The molecule has 5 heterocycles. The zero-order valence-corrected chi connectivity index (χ0v) is 19.4. The number of aromatic amines is 1. The minimum absolute atomic E-state index is 0.267. The molecule has 176 valence electrons. The highest BCUT2D eigenvalue weighted by Gasteiger charge is 2.21. The highest BCUT2D eigenvalue weighted by Crippen LogP contribution is 2.36. The largest absolute Gasteiger partial charge is 0.378 e. The minimum Gasteiger partial charge on any atom is -0.378 e. The fourth-order valence-corrected chi connectivity index (χ4v) is 5.09. The second kappa shape index (κ2) is 8.89. The van der Waals surface area contributed by atoms with Gasteiger partial charge >= 0.3 is 0 Å². The van der Waals surface area contributed by atoms with Crippen molar-refractivity contribution >= 4 is 50.1 Å². The van der Waals surface area contributed by atoms with E-state index in [1.807, 2.05) is 18.2 Å². The van der Waals surface area contributed by atoms with Crippen LogP contribution in [0.25, 0.3) is 32.5 Å². The average Bonchev–Trinajstić information content (AvgIpc) is 3.54. The Morgan fingerprint density at radius 1 is 1.17 bits per heavy atom. The van der Waals surface area contributed by atoms with E-state index in [4.69, 9.17) is 20.4 Å². The molecule has 1 aliphatic rings. The first kappa shape index (κ1) is 21.4. The number of hydrogen-bond donors (Lipinski definition) is 3. The summed E-state index contributed by atoms with van der Waals surface area (Å²) in [6.07, 6.45) is 4.62. The lowest BCUT2D eigenvalue weighted by molar-refractivity contribution is 0.0999. The van der Waals surface area contributed by atoms with Crippen molar-refractivity contribution in [2.45, 2.75) is 6.54 Å². The Labute approximate surface area is 203 Å². The summed E-state index contributed by atoms with van der Waals surface area (Å²) in [5, 5.41) is 11.4. The summed E-state index contributed by atoms with van der Waals surface area (Å²) in [6.45, 7) is 3.37. The lowest BCUT2D eigenvalue weighted by Gasteiger charge is -2.28. The molecule has 6 rings (SSSR count). The van der Waals surface area contributed by atoms with Gasteiger partial charge in [0, 0.05) is 41.3 Å². The first-order valence-corrected chi connectivity index (χ1v) is 11.9. The van der Waals surface area contributed by atoms with E-state index in [1.165, 1.54) is 12.4 Å². The molecule has 1 amide bonds. The van der Waals surface area contributed by atoms with Crippen LogP contribution >= 0.6 is 11.3 Å². The number of fused-ring (bicyclic) bond motifs is 2. The van der Waals surface area contributed by atoms with Crippen LogP contribution in [0, 0.1) is 0 Å². The summed E-state index contributed by atoms with van der Waals surface area (Å²) >= 11 is 1.64. The second-order valence-electron chi connectivity index (χ2n) is 8.05. The Hall–Kier alpha value is -4.16. The monoisotopic (exact) mass is 487 g/mol. The number of carbonyl (C=O) groups is 1. The van der Waals surface area contributed by atoms with Gasteiger partial charge in [-0.15, -0.1) is 11.3 Å². The fraction of sp³-hybridized carbons (Fsp3) is 0.217. The second-order valence-corrected chi connectivity index (χ2v) is 9.18. The number of hydrogen-bond acceptors (Lipinski definition) is 10. The van der Waals surface area contributed by atoms with Crippen molar-refractivity contribution in [3.05, 3.63) is 53.3 Å². The van der Waals surface area contributed by atoms with Gasteiger partial charge in [0.1, 0.15) is 0 Å². The van der Waals surface area contributed by atoms with Gasteiger partial charge in [0.15, 0.2) is 11.6 Å². The smallest absolute Gasteiger partial charge is 0.251 e. The topological polar surface area (TPSA) is 148 Å². The number of carbonyl (C=O) groups excluding carboxylic acids is 1. The van der Waals surface area contributed by atoms with Crippen LogP contribution < -0.4 is 16.0 Å². The van der Waals surface area contributed by atoms with Gasteiger partial charge in [-0.25, -0.2) is 19.9 Å². The summed E-state index contributed by atoms with van der Waals surface area (Å²) in [4.78, 5) is 32.8. The first-order chi connectivity index (χ1) is 17.2. The van der Waals surface area contributed by atoms with Crippen LogP contribution in [0.4, 0.5) is 11.8 Å². The molecule has 0 bridgehead atoms. The molecule has 1 aromatic carbocycles. The van der Waals surface area contributed by atoms with E-state index in [0.717, 1.165) is 50.5 Å². The minimum atomic E-state index is -0.558. The lowest BCUT2D eigenvalue weighted by Crippen LogP contribution is -2.36. The number of aromatic nitrogens is 6. The van der Waals surface area contributed by atoms with Gasteiger partial charge in [-0.3, -0.25) is 9.89 Å². The van der Waals surface area contributed by atoms with E-state index in [1.54, 1.807) is 17.5 Å². The van der Waals surface area contributed by atoms with Crippen molar-refractivity contribution in [3.8, 4) is 11.4 Å². The third-order valence-electron chi connectivity index (χ3n) is 5.80. The Morgan fingerprint density at radius 2 is 2.00 bits per heavy atom. The highest BCUT2D eigenvalue weighted by atomic mass is 32.1. The normalized spacial score (nSPS) is 14.0. The molecule has 4 aromatic heterocycles. The zero-order chi connectivity index (χ0) is 23.8. The molecular formula is C23H21N9O2S. The molecule has 1 saturated heterocycles. The molecule has 1 aliphatic heterocycles. The van der Waals surface area contributed by atoms with Crippen LogP contribution in [0.2, 0.25) is 0 Å². The standard InChI is InChI=1S/C23H21N9O2S/c24-20(33)13-9-25-23(26-10-13)27-11-14-8-18-19(35-14)22(32-4-6-34-7-5-32)30-21(29-18)15-2-1-3-17-16(15)12-28-31-17/h1-3,8-10,12H,4-7,11H2,(H2,24,33)(H,28,31)(H,25,26,27). The maximum Gasteiger partial charge on any atom is 0.251 e. The molecule has 35 heavy (non-hydrogen) atoms. The van der Waals surface area contributed by atoms with E-state index in [0.29, 0.717) is 31.5 Å². The van der Waals surface area contributed by atoms with Gasteiger partial charge in [-0.2, -0.15) is 5.10 Å². The highest BCUT2D eigenvalue weighted by molar-refractivity contribution is 7.19. The van der Waals surface area contributed by atoms with Crippen molar-refractivity contribution in [3.63, 3.8) is 0 Å². The third-order valence-corrected chi connectivity index (χ3v) is 6.92. The molecule has 0 aliphatic carbocycles.